The third-order valence-corrected chi connectivity index (χ3v) is 26.2. The van der Waals surface area contributed by atoms with Crippen LogP contribution in [0.4, 0.5) is 15.9 Å². The summed E-state index contributed by atoms with van der Waals surface area (Å²) in [7, 11) is -4.10. The summed E-state index contributed by atoms with van der Waals surface area (Å²) in [4.78, 5) is 6.95. The van der Waals surface area contributed by atoms with Crippen LogP contribution in [0.2, 0.25) is 46.3 Å². The van der Waals surface area contributed by atoms with Crippen molar-refractivity contribution in [2.75, 3.05) is 0 Å². The SMILES string of the molecule is CCCCCCCC.CCCCCCCC.NF.[C-]#[N+]c1ccc(C[C@@H](c2nnc(-c3cccc(O)c3)o2)[C@H](C)O)c(C)c1Cl.[C-]#[N+]c1ccc(C[C@@H](c2nnc(-c3cccc(O[Si](C)(C)C(C)(C)C)c3)o2)[C@H](C)O[Si](C)(C)C(C)(C)C)c(C)c1Cl. The van der Waals surface area contributed by atoms with Crippen LogP contribution in [-0.2, 0) is 17.3 Å². The Morgan fingerprint density at radius 1 is 0.593 bits per heavy atom. The molecule has 6 rings (SSSR count). The second kappa shape index (κ2) is 37.4. The average molecular weight is 1260 g/mol. The van der Waals surface area contributed by atoms with Gasteiger partial charge in [0.25, 0.3) is 0 Å². The van der Waals surface area contributed by atoms with Crippen LogP contribution in [0.5, 0.6) is 11.5 Å². The molecule has 6 aromatic rings. The summed E-state index contributed by atoms with van der Waals surface area (Å²) in [6, 6.07) is 21.7. The molecule has 0 unspecified atom stereocenters. The summed E-state index contributed by atoms with van der Waals surface area (Å²) >= 11 is 12.8. The summed E-state index contributed by atoms with van der Waals surface area (Å²) in [5, 5.41) is 38.0. The van der Waals surface area contributed by atoms with Crippen LogP contribution in [0.25, 0.3) is 32.6 Å². The van der Waals surface area contributed by atoms with Gasteiger partial charge in [0.1, 0.15) is 11.5 Å². The predicted octanol–water partition coefficient (Wildman–Crippen LogP) is 21.6. The molecule has 13 nitrogen and oxygen atoms in total. The molecule has 0 saturated heterocycles. The molecule has 474 valence electrons. The van der Waals surface area contributed by atoms with Crippen molar-refractivity contribution in [1.82, 2.24) is 20.4 Å². The first-order valence-corrected chi connectivity index (χ1v) is 37.2. The molecule has 0 spiro atoms. The van der Waals surface area contributed by atoms with Gasteiger partial charge in [-0.25, -0.2) is 9.69 Å². The van der Waals surface area contributed by atoms with Gasteiger partial charge in [0.05, 0.1) is 47.2 Å². The van der Waals surface area contributed by atoms with Gasteiger partial charge in [-0.15, -0.1) is 24.9 Å². The fourth-order valence-corrected chi connectivity index (χ4v) is 11.6. The molecule has 4 atom stereocenters. The van der Waals surface area contributed by atoms with E-state index in [1.165, 1.54) is 83.1 Å². The van der Waals surface area contributed by atoms with Gasteiger partial charge in [-0.2, -0.15) is 5.96 Å². The van der Waals surface area contributed by atoms with E-state index in [1.54, 1.807) is 37.3 Å². The van der Waals surface area contributed by atoms with Gasteiger partial charge in [-0.1, -0.05) is 206 Å². The Morgan fingerprint density at radius 2 is 0.988 bits per heavy atom. The second-order valence-corrected chi connectivity index (χ2v) is 35.4. The minimum Gasteiger partial charge on any atom is -0.543 e. The van der Waals surface area contributed by atoms with Crippen LogP contribution < -0.4 is 10.4 Å². The molecular formula is C68H102Cl2FN7O6Si2. The number of aliphatic hydroxyl groups excluding tert-OH is 1. The first-order valence-electron chi connectivity index (χ1n) is 30.6. The molecule has 0 amide bonds. The van der Waals surface area contributed by atoms with Crippen LogP contribution in [0.15, 0.2) is 81.6 Å². The number of benzene rings is 4. The molecule has 2 aromatic heterocycles. The van der Waals surface area contributed by atoms with Crippen molar-refractivity contribution >= 4 is 51.2 Å². The molecular weight excluding hydrogens is 1160 g/mol. The lowest BCUT2D eigenvalue weighted by Crippen LogP contribution is -2.44. The average Bonchev–Trinajstić information content (AvgIpc) is 2.01. The highest BCUT2D eigenvalue weighted by Crippen LogP contribution is 2.42. The van der Waals surface area contributed by atoms with E-state index in [2.05, 4.69) is 138 Å². The maximum atomic E-state index is 10.3. The van der Waals surface area contributed by atoms with E-state index in [1.807, 2.05) is 50.2 Å². The van der Waals surface area contributed by atoms with Crippen molar-refractivity contribution in [3.63, 3.8) is 0 Å². The number of hydrogen-bond donors (Lipinski definition) is 3. The highest BCUT2D eigenvalue weighted by atomic mass is 35.5. The largest absolute Gasteiger partial charge is 0.543 e. The van der Waals surface area contributed by atoms with Crippen molar-refractivity contribution in [2.45, 2.75) is 247 Å². The quantitative estimate of drug-likeness (QED) is 0.0228. The van der Waals surface area contributed by atoms with Gasteiger partial charge in [0.2, 0.25) is 43.3 Å². The lowest BCUT2D eigenvalue weighted by atomic mass is 9.92. The summed E-state index contributed by atoms with van der Waals surface area (Å²) in [6.07, 6.45) is 17.1. The van der Waals surface area contributed by atoms with Gasteiger partial charge < -0.3 is 27.9 Å². The lowest BCUT2D eigenvalue weighted by Gasteiger charge is -2.40. The minimum absolute atomic E-state index is 0.0485. The van der Waals surface area contributed by atoms with Gasteiger partial charge in [-0.05, 0) is 135 Å². The highest BCUT2D eigenvalue weighted by molar-refractivity contribution is 6.75. The number of aromatic hydroxyl groups is 1. The summed E-state index contributed by atoms with van der Waals surface area (Å²) in [5.41, 5.74) is 5.88. The van der Waals surface area contributed by atoms with Gasteiger partial charge in [-0.3, -0.25) is 0 Å². The molecule has 0 aliphatic carbocycles. The number of aromatic nitrogens is 4. The Kier molecular flexibility index (Phi) is 33.4. The van der Waals surface area contributed by atoms with E-state index >= 15 is 0 Å². The zero-order chi connectivity index (χ0) is 65.0. The van der Waals surface area contributed by atoms with Gasteiger partial charge >= 0.3 is 0 Å². The fraction of sp³-hybridized carbons (Fsp3) is 0.559. The van der Waals surface area contributed by atoms with Gasteiger partial charge in [0.15, 0.2) is 8.32 Å². The Bertz CT molecular complexity index is 3010. The molecule has 0 fully saturated rings. The lowest BCUT2D eigenvalue weighted by molar-refractivity contribution is 0.148. The normalized spacial score (nSPS) is 12.9. The van der Waals surface area contributed by atoms with Crippen LogP contribution >= 0.6 is 23.2 Å². The Labute approximate surface area is 528 Å². The number of aliphatic hydroxyl groups is 1. The minimum atomic E-state index is -2.09. The van der Waals surface area contributed by atoms with E-state index in [4.69, 9.17) is 58.5 Å². The molecule has 0 aliphatic heterocycles. The number of halogens is 3. The van der Waals surface area contributed by atoms with Crippen molar-refractivity contribution < 1.29 is 32.4 Å². The van der Waals surface area contributed by atoms with E-state index in [-0.39, 0.29) is 33.7 Å². The third kappa shape index (κ3) is 23.9. The Morgan fingerprint density at radius 3 is 1.37 bits per heavy atom. The van der Waals surface area contributed by atoms with E-state index in [0.717, 1.165) is 33.6 Å². The highest BCUT2D eigenvalue weighted by Gasteiger charge is 2.42. The summed E-state index contributed by atoms with van der Waals surface area (Å²) < 4.78 is 34.5. The molecule has 4 aromatic carbocycles. The molecule has 2 heterocycles. The Hall–Kier alpha value is -5.44. The van der Waals surface area contributed by atoms with Crippen molar-refractivity contribution in [2.24, 2.45) is 5.96 Å². The smallest absolute Gasteiger partial charge is 0.250 e. The fourth-order valence-electron chi connectivity index (χ4n) is 8.64. The molecule has 18 heteroatoms. The number of nitrogens with zero attached hydrogens (tertiary/aromatic N) is 6. The molecule has 4 N–H and O–H groups in total. The molecule has 0 saturated carbocycles. The molecule has 86 heavy (non-hydrogen) atoms. The van der Waals surface area contributed by atoms with Crippen LogP contribution in [-0.4, -0.2) is 59.5 Å². The first kappa shape index (κ1) is 76.7. The zero-order valence-corrected chi connectivity index (χ0v) is 58.6. The number of unbranched alkanes of at least 4 members (excludes halogenated alkanes) is 10. The van der Waals surface area contributed by atoms with Crippen LogP contribution in [0.3, 0.4) is 0 Å². The monoisotopic (exact) mass is 1260 g/mol. The number of phenols is 1. The van der Waals surface area contributed by atoms with Crippen molar-refractivity contribution in [3.8, 4) is 34.4 Å². The molecule has 0 aliphatic rings. The molecule has 0 bridgehead atoms. The predicted molar refractivity (Wildman–Crippen MR) is 360 cm³/mol. The topological polar surface area (TPSA) is 171 Å². The Balaban J connectivity index is 0.000000475. The maximum absolute atomic E-state index is 10.3. The van der Waals surface area contributed by atoms with Crippen molar-refractivity contribution in [1.29, 1.82) is 0 Å². The van der Waals surface area contributed by atoms with E-state index < -0.39 is 28.7 Å². The maximum Gasteiger partial charge on any atom is 0.250 e. The zero-order valence-electron chi connectivity index (χ0n) is 55.1. The summed E-state index contributed by atoms with van der Waals surface area (Å²) in [5.74, 6) is 4.81. The van der Waals surface area contributed by atoms with Crippen molar-refractivity contribution in [3.05, 3.63) is 140 Å². The number of rotatable bonds is 24. The first-order chi connectivity index (χ1) is 40.5. The molecule has 0 radical (unpaired) electrons. The summed E-state index contributed by atoms with van der Waals surface area (Å²) in [6.45, 7) is 53.5. The van der Waals surface area contributed by atoms with E-state index in [0.29, 0.717) is 57.5 Å². The van der Waals surface area contributed by atoms with Crippen LogP contribution in [0.1, 0.15) is 206 Å². The van der Waals surface area contributed by atoms with E-state index in [9.17, 15) is 10.2 Å². The van der Waals surface area contributed by atoms with Crippen LogP contribution in [0, 0.1) is 27.0 Å². The third-order valence-electron chi connectivity index (χ3n) is 16.3. The number of phenolic OH excluding ortho intramolecular Hbond substituents is 1. The number of hydrogen-bond acceptors (Lipinski definition) is 11. The second-order valence-electron chi connectivity index (χ2n) is 25.2. The van der Waals surface area contributed by atoms with Gasteiger partial charge in [0, 0.05) is 11.1 Å². The number of nitrogens with two attached hydrogens (primary N) is 1. The standard InChI is InChI=1S/C32H46ClN3O3Si2.C20H18ClN3O3.2C8H18.FH2N/c1-21-23(17-18-27(34-9)28(21)33)20-26(22(2)38-40(10,11)31(3,4)5)30-36-35-29(37-30)24-15-14-16-25(19-24)39-41(12,13)32(6,7)8;1-11-13(7-8-17(22-3)18(11)21)10-16(12(2)25)20-24-23-19(27-20)14-5-4-6-15(26)9-14;2*1-3-5-7-8-6-4-2;1-2/h14-19,22,26H,20H2,1-8,10-13H3;4-9,12,16,25-26H,10H2,1-2H3;2*3-8H2,1-2H3;2H2/t22-,26+;12-,16+;;;/m00.../s1.